The molecule has 13 heteroatoms. The molecule has 1 saturated heterocycles. The number of pyridine rings is 1. The molecular weight excluding hydrogens is 492 g/mol. The number of nitrogens with one attached hydrogen (secondary N) is 1. The number of aromatic nitrogens is 2. The summed E-state index contributed by atoms with van der Waals surface area (Å²) in [5, 5.41) is 19.7. The fourth-order valence-corrected chi connectivity index (χ4v) is 6.54. The number of aryl methyl sites for hydroxylation is 1. The Labute approximate surface area is 208 Å². The zero-order chi connectivity index (χ0) is 24.7. The molecule has 2 aliphatic heterocycles. The molecule has 0 spiro atoms. The third kappa shape index (κ3) is 4.14. The number of hydrogen-bond acceptors (Lipinski definition) is 10. The van der Waals surface area contributed by atoms with Gasteiger partial charge in [0.1, 0.15) is 24.2 Å². The van der Waals surface area contributed by atoms with Gasteiger partial charge in [-0.2, -0.15) is 4.57 Å². The second-order valence-electron chi connectivity index (χ2n) is 8.26. The van der Waals surface area contributed by atoms with Crippen molar-refractivity contribution in [3.8, 4) is 0 Å². The van der Waals surface area contributed by atoms with Crippen molar-refractivity contribution >= 4 is 51.7 Å². The van der Waals surface area contributed by atoms with Crippen LogP contribution in [0.4, 0.5) is 5.13 Å². The maximum absolute atomic E-state index is 13.0. The molecule has 1 fully saturated rings. The normalized spacial score (nSPS) is 21.3. The first-order valence-electron chi connectivity index (χ1n) is 10.9. The molecule has 2 aromatic rings. The summed E-state index contributed by atoms with van der Waals surface area (Å²) in [4.78, 5) is 48.0. The molecule has 35 heavy (non-hydrogen) atoms. The van der Waals surface area contributed by atoms with E-state index in [0.29, 0.717) is 17.9 Å². The van der Waals surface area contributed by atoms with E-state index in [0.717, 1.165) is 30.6 Å². The molecule has 0 aromatic carbocycles. The van der Waals surface area contributed by atoms with Gasteiger partial charge in [0, 0.05) is 34.8 Å². The summed E-state index contributed by atoms with van der Waals surface area (Å²) < 4.78 is 2.05. The number of nitrogens with zero attached hydrogens (tertiary/aromatic N) is 4. The van der Waals surface area contributed by atoms with Crippen LogP contribution in [0.25, 0.3) is 0 Å². The van der Waals surface area contributed by atoms with Crippen molar-refractivity contribution in [3.05, 3.63) is 51.9 Å². The first kappa shape index (κ1) is 23.3. The van der Waals surface area contributed by atoms with Gasteiger partial charge in [0.05, 0.1) is 11.7 Å². The number of amides is 2. The first-order valence-corrected chi connectivity index (χ1v) is 12.8. The highest BCUT2D eigenvalue weighted by molar-refractivity contribution is 8.00. The van der Waals surface area contributed by atoms with Gasteiger partial charge in [-0.05, 0) is 18.9 Å². The van der Waals surface area contributed by atoms with Crippen molar-refractivity contribution in [1.82, 2.24) is 15.2 Å². The third-order valence-electron chi connectivity index (χ3n) is 6.19. The summed E-state index contributed by atoms with van der Waals surface area (Å²) in [7, 11) is 1.29. The van der Waals surface area contributed by atoms with Crippen LogP contribution >= 0.6 is 23.1 Å². The summed E-state index contributed by atoms with van der Waals surface area (Å²) in [5.41, 5.74) is 8.69. The number of aliphatic carboxylic acids is 1. The number of thioether (sulfide) groups is 1. The number of oxime groups is 1. The molecule has 3 aliphatic rings. The van der Waals surface area contributed by atoms with E-state index < -0.39 is 29.2 Å². The maximum Gasteiger partial charge on any atom is 0.276 e. The number of carbonyl (C=O) groups is 3. The van der Waals surface area contributed by atoms with Gasteiger partial charge < -0.3 is 25.8 Å². The van der Waals surface area contributed by atoms with E-state index in [2.05, 4.69) is 26.1 Å². The van der Waals surface area contributed by atoms with Crippen LogP contribution in [0.3, 0.4) is 0 Å². The van der Waals surface area contributed by atoms with Crippen LogP contribution in [0.15, 0.2) is 40.1 Å². The molecule has 11 nitrogen and oxygen atoms in total. The van der Waals surface area contributed by atoms with Gasteiger partial charge in [0.2, 0.25) is 0 Å². The largest absolute Gasteiger partial charge is 0.543 e. The lowest BCUT2D eigenvalue weighted by molar-refractivity contribution is -0.696. The van der Waals surface area contributed by atoms with Crippen molar-refractivity contribution in [2.24, 2.45) is 5.16 Å². The number of thiazole rings is 1. The number of nitrogen functional groups attached to an aromatic ring is 1. The van der Waals surface area contributed by atoms with Gasteiger partial charge in [0.15, 0.2) is 29.3 Å². The van der Waals surface area contributed by atoms with Crippen LogP contribution < -0.4 is 20.7 Å². The van der Waals surface area contributed by atoms with Crippen LogP contribution in [0.2, 0.25) is 0 Å². The quantitative estimate of drug-likeness (QED) is 0.206. The number of hydrogen-bond donors (Lipinski definition) is 2. The minimum absolute atomic E-state index is 0.120. The highest BCUT2D eigenvalue weighted by Gasteiger charge is 2.53. The van der Waals surface area contributed by atoms with Gasteiger partial charge >= 0.3 is 0 Å². The third-order valence-corrected chi connectivity index (χ3v) is 8.20. The second-order valence-corrected chi connectivity index (χ2v) is 10.3. The Morgan fingerprint density at radius 2 is 2.26 bits per heavy atom. The number of rotatable bonds is 7. The Hall–Kier alpha value is -3.45. The van der Waals surface area contributed by atoms with Crippen LogP contribution in [0.1, 0.15) is 23.4 Å². The molecule has 2 atom stereocenters. The van der Waals surface area contributed by atoms with Gasteiger partial charge in [-0.1, -0.05) is 5.16 Å². The zero-order valence-corrected chi connectivity index (χ0v) is 20.4. The fourth-order valence-electron chi connectivity index (χ4n) is 4.66. The van der Waals surface area contributed by atoms with E-state index in [9.17, 15) is 19.5 Å². The zero-order valence-electron chi connectivity index (χ0n) is 18.7. The maximum atomic E-state index is 13.0. The summed E-state index contributed by atoms with van der Waals surface area (Å²) in [6.07, 6.45) is 4.94. The Kier molecular flexibility index (Phi) is 6.19. The number of carboxylic acids is 1. The van der Waals surface area contributed by atoms with Crippen LogP contribution in [-0.2, 0) is 38.6 Å². The molecule has 0 saturated carbocycles. The molecule has 2 aromatic heterocycles. The van der Waals surface area contributed by atoms with Gasteiger partial charge in [-0.3, -0.25) is 14.5 Å². The molecule has 2 amide bonds. The molecule has 182 valence electrons. The fraction of sp³-hybridized carbons (Fsp3) is 0.364. The highest BCUT2D eigenvalue weighted by atomic mass is 32.2. The number of fused-ring (bicyclic) bond motifs is 2. The van der Waals surface area contributed by atoms with E-state index >= 15 is 0 Å². The minimum atomic E-state index is -1.41. The number of carbonyl (C=O) groups excluding carboxylic acids is 3. The summed E-state index contributed by atoms with van der Waals surface area (Å²) in [6, 6.07) is 3.12. The second kappa shape index (κ2) is 9.30. The molecule has 5 rings (SSSR count). The van der Waals surface area contributed by atoms with E-state index in [-0.39, 0.29) is 22.2 Å². The summed E-state index contributed by atoms with van der Waals surface area (Å²) in [6.45, 7) is 0.364. The molecule has 0 unspecified atom stereocenters. The average molecular weight is 515 g/mol. The number of nitrogens with two attached hydrogens (primary N) is 1. The Bertz CT molecular complexity index is 1290. The monoisotopic (exact) mass is 514 g/mol. The molecular formula is C22H22N6O5S2. The van der Waals surface area contributed by atoms with Gasteiger partial charge in [0.25, 0.3) is 11.8 Å². The Morgan fingerprint density at radius 1 is 1.43 bits per heavy atom. The Morgan fingerprint density at radius 3 is 2.97 bits per heavy atom. The van der Waals surface area contributed by atoms with Crippen molar-refractivity contribution in [3.63, 3.8) is 0 Å². The standard InChI is InChI=1S/C22H22N6O5S2/c1-33-26-15(13-10-35-22(23)24-13)18(29)25-16-19(30)28-17(21(31)32)12(9-34-20(16)28)8-27-7-3-5-11-4-2-6-14(11)27/h3,5,7,10,16,20H,2,4,6,8-9H2,1H3,(H3-,23,24,25,29,31,32)/t16-,20-/m1/s1. The molecule has 3 N–H and O–H groups in total. The predicted octanol–water partition coefficient (Wildman–Crippen LogP) is -1.04. The number of carboxylic acid groups (broad SMARTS) is 1. The summed E-state index contributed by atoms with van der Waals surface area (Å²) >= 11 is 2.53. The van der Waals surface area contributed by atoms with Crippen molar-refractivity contribution in [2.45, 2.75) is 37.2 Å². The van der Waals surface area contributed by atoms with Gasteiger partial charge in [-0.25, -0.2) is 4.98 Å². The average Bonchev–Trinajstić information content (AvgIpc) is 3.49. The van der Waals surface area contributed by atoms with Gasteiger partial charge in [-0.15, -0.1) is 23.1 Å². The summed E-state index contributed by atoms with van der Waals surface area (Å²) in [5.74, 6) is -2.21. The topological polar surface area (TPSA) is 154 Å². The van der Waals surface area contributed by atoms with Crippen molar-refractivity contribution in [1.29, 1.82) is 0 Å². The molecule has 1 aliphatic carbocycles. The van der Waals surface area contributed by atoms with Crippen LogP contribution in [-0.4, -0.2) is 57.7 Å². The minimum Gasteiger partial charge on any atom is -0.543 e. The first-order chi connectivity index (χ1) is 16.9. The van der Waals surface area contributed by atoms with E-state index in [1.807, 2.05) is 12.3 Å². The van der Waals surface area contributed by atoms with E-state index in [1.54, 1.807) is 5.38 Å². The smallest absolute Gasteiger partial charge is 0.276 e. The number of β-lactam (4-membered cyclic amide) rings is 1. The van der Waals surface area contributed by atoms with Crippen LogP contribution in [0.5, 0.6) is 0 Å². The van der Waals surface area contributed by atoms with E-state index in [1.165, 1.54) is 35.0 Å². The molecule has 0 radical (unpaired) electrons. The van der Waals surface area contributed by atoms with Crippen molar-refractivity contribution in [2.75, 3.05) is 18.6 Å². The Balaban J connectivity index is 1.36. The van der Waals surface area contributed by atoms with Crippen molar-refractivity contribution < 1.29 is 28.9 Å². The molecule has 4 heterocycles. The lowest BCUT2D eigenvalue weighted by Crippen LogP contribution is -2.71. The lowest BCUT2D eigenvalue weighted by Gasteiger charge is -2.50. The highest BCUT2D eigenvalue weighted by Crippen LogP contribution is 2.40. The van der Waals surface area contributed by atoms with E-state index in [4.69, 9.17) is 10.6 Å². The predicted molar refractivity (Wildman–Crippen MR) is 126 cm³/mol. The van der Waals surface area contributed by atoms with Crippen LogP contribution in [0, 0.1) is 0 Å². The molecule has 0 bridgehead atoms. The number of anilines is 1. The SMILES string of the molecule is CON=C(C(=O)N[C@@H]1C(=O)N2C(C(=O)[O-])=C(C[n+]3cccc4c3CCC4)CS[C@H]12)c1csc(N)n1. The lowest BCUT2D eigenvalue weighted by atomic mass is 10.0.